The molecule has 3 aromatic rings. The van der Waals surface area contributed by atoms with Gasteiger partial charge >= 0.3 is 6.09 Å². The van der Waals surface area contributed by atoms with E-state index in [9.17, 15) is 14.4 Å². The first-order chi connectivity index (χ1) is 19.1. The molecule has 8 nitrogen and oxygen atoms in total. The number of nitrogens with two attached hydrogens (primary N) is 1. The van der Waals surface area contributed by atoms with Crippen LogP contribution < -0.4 is 16.4 Å². The Balaban J connectivity index is 1.78. The molecule has 2 heterocycles. The van der Waals surface area contributed by atoms with Crippen LogP contribution in [0.1, 0.15) is 59.4 Å². The van der Waals surface area contributed by atoms with Gasteiger partial charge in [0.05, 0.1) is 6.61 Å². The number of hydrogen-bond donors (Lipinski definition) is 3. The number of nitrogens with zero attached hydrogens (tertiary/aromatic N) is 1. The van der Waals surface area contributed by atoms with E-state index in [1.165, 1.54) is 0 Å². The fourth-order valence-corrected chi connectivity index (χ4v) is 5.66. The molecule has 4 bridgehead atoms. The third-order valence-electron chi connectivity index (χ3n) is 6.71. The Hall–Kier alpha value is -3.98. The number of fused-ring (bicyclic) bond motifs is 9. The first-order valence-corrected chi connectivity index (χ1v) is 14.3. The normalized spacial score (nSPS) is 16.0. The van der Waals surface area contributed by atoms with Gasteiger partial charge in [0.15, 0.2) is 0 Å². The molecular formula is C31H36N4O4S. The lowest BCUT2D eigenvalue weighted by Gasteiger charge is -2.28. The summed E-state index contributed by atoms with van der Waals surface area (Å²) in [5, 5.41) is 6.52. The third kappa shape index (κ3) is 7.15. The van der Waals surface area contributed by atoms with Crippen molar-refractivity contribution in [2.45, 2.75) is 56.3 Å². The van der Waals surface area contributed by atoms with E-state index in [1.54, 1.807) is 41.9 Å². The van der Waals surface area contributed by atoms with Crippen LogP contribution in [0.25, 0.3) is 0 Å². The summed E-state index contributed by atoms with van der Waals surface area (Å²) in [6.07, 6.45) is 0.798. The van der Waals surface area contributed by atoms with Gasteiger partial charge in [0.2, 0.25) is 11.8 Å². The summed E-state index contributed by atoms with van der Waals surface area (Å²) >= 11 is 1.70. The van der Waals surface area contributed by atoms with Crippen molar-refractivity contribution < 1.29 is 19.1 Å². The summed E-state index contributed by atoms with van der Waals surface area (Å²) < 4.78 is 5.49. The first kappa shape index (κ1) is 29.0. The molecule has 1 unspecified atom stereocenters. The van der Waals surface area contributed by atoms with Crippen LogP contribution in [0.3, 0.4) is 0 Å². The number of aryl methyl sites for hydroxylation is 1. The summed E-state index contributed by atoms with van der Waals surface area (Å²) in [7, 11) is 1.77. The average molecular weight is 561 g/mol. The van der Waals surface area contributed by atoms with E-state index in [0.717, 1.165) is 33.6 Å². The Morgan fingerprint density at radius 3 is 2.65 bits per heavy atom. The van der Waals surface area contributed by atoms with Crippen LogP contribution in [-0.2, 0) is 28.9 Å². The van der Waals surface area contributed by atoms with Gasteiger partial charge in [-0.15, -0.1) is 11.8 Å². The Labute approximate surface area is 239 Å². The Morgan fingerprint density at radius 2 is 1.93 bits per heavy atom. The summed E-state index contributed by atoms with van der Waals surface area (Å²) in [4.78, 5) is 41.1. The van der Waals surface area contributed by atoms with Crippen molar-refractivity contribution in [3.63, 3.8) is 0 Å². The molecular weight excluding hydrogens is 524 g/mol. The lowest BCUT2D eigenvalue weighted by atomic mass is 9.95. The van der Waals surface area contributed by atoms with Crippen LogP contribution >= 0.6 is 11.8 Å². The zero-order valence-corrected chi connectivity index (χ0v) is 24.1. The number of benzene rings is 3. The number of thioether (sulfide) groups is 1. The molecule has 1 atom stereocenters. The minimum absolute atomic E-state index is 0.135. The average Bonchev–Trinajstić information content (AvgIpc) is 2.92. The van der Waals surface area contributed by atoms with E-state index < -0.39 is 18.0 Å². The van der Waals surface area contributed by atoms with Gasteiger partial charge in [-0.2, -0.15) is 0 Å². The largest absolute Gasteiger partial charge is 0.449 e. The maximum absolute atomic E-state index is 14.1. The molecule has 0 saturated heterocycles. The standard InChI is InChI=1S/C31H36N4O4S/c1-5-20-15-22-10-9-21(20)13-14-39-31(38)34-26-11-12-27(40-19(2)3)24(17-26)18-35(4)30(37)28(22)33-25-8-6-7-23(16-25)29(32)36/h6-12,15-17,19,28,33H,5,13-14,18H2,1-4H3,(H2,32,36)(H,34,38). The molecule has 0 aliphatic carbocycles. The van der Waals surface area contributed by atoms with Crippen molar-refractivity contribution in [2.24, 2.45) is 5.73 Å². The van der Waals surface area contributed by atoms with E-state index in [4.69, 9.17) is 10.5 Å². The first-order valence-electron chi connectivity index (χ1n) is 13.4. The van der Waals surface area contributed by atoms with Crippen molar-refractivity contribution in [2.75, 3.05) is 24.3 Å². The van der Waals surface area contributed by atoms with Crippen LogP contribution in [0.15, 0.2) is 65.6 Å². The number of carbonyl (C=O) groups excluding carboxylic acids is 3. The van der Waals surface area contributed by atoms with Crippen LogP contribution in [0, 0.1) is 0 Å². The molecule has 3 aromatic carbocycles. The number of hydrogen-bond acceptors (Lipinski definition) is 6. The van der Waals surface area contributed by atoms with Gasteiger partial charge in [0.1, 0.15) is 6.04 Å². The molecule has 0 radical (unpaired) electrons. The van der Waals surface area contributed by atoms with Gasteiger partial charge in [-0.1, -0.05) is 45.0 Å². The van der Waals surface area contributed by atoms with E-state index in [0.29, 0.717) is 35.2 Å². The van der Waals surface area contributed by atoms with E-state index >= 15 is 0 Å². The summed E-state index contributed by atoms with van der Waals surface area (Å²) in [6, 6.07) is 17.8. The molecule has 0 aromatic heterocycles. The number of ether oxygens (including phenoxy) is 1. The maximum atomic E-state index is 14.1. The van der Waals surface area contributed by atoms with Crippen molar-refractivity contribution in [1.29, 1.82) is 0 Å². The summed E-state index contributed by atoms with van der Waals surface area (Å²) in [5.74, 6) is -0.670. The van der Waals surface area contributed by atoms with Crippen LogP contribution in [-0.4, -0.2) is 41.7 Å². The Kier molecular flexibility index (Phi) is 9.37. The third-order valence-corrected chi connectivity index (χ3v) is 7.83. The van der Waals surface area contributed by atoms with Gasteiger partial charge in [0, 0.05) is 47.1 Å². The Morgan fingerprint density at radius 1 is 1.12 bits per heavy atom. The SMILES string of the molecule is CCc1cc2ccc1CCOC(=O)Nc1ccc(SC(C)C)c(c1)CN(C)C(=O)C2Nc1cccc(C(N)=O)c1. The van der Waals surface area contributed by atoms with Crippen molar-refractivity contribution >= 4 is 41.0 Å². The van der Waals surface area contributed by atoms with Crippen LogP contribution in [0.2, 0.25) is 0 Å². The second-order valence-corrected chi connectivity index (χ2v) is 11.7. The lowest BCUT2D eigenvalue weighted by Crippen LogP contribution is -2.35. The number of likely N-dealkylation sites (N-methyl/N-ethyl adjacent to an activating group) is 1. The highest BCUT2D eigenvalue weighted by Gasteiger charge is 2.26. The summed E-state index contributed by atoms with van der Waals surface area (Å²) in [6.45, 7) is 6.84. The molecule has 0 fully saturated rings. The number of primary amides is 1. The molecule has 3 amide bonds. The number of carbonyl (C=O) groups is 3. The highest BCUT2D eigenvalue weighted by Crippen LogP contribution is 2.31. The van der Waals surface area contributed by atoms with Gasteiger partial charge in [0.25, 0.3) is 0 Å². The Bertz CT molecular complexity index is 1410. The van der Waals surface area contributed by atoms with Crippen molar-refractivity contribution in [3.8, 4) is 0 Å². The molecule has 40 heavy (non-hydrogen) atoms. The van der Waals surface area contributed by atoms with E-state index in [1.807, 2.05) is 42.5 Å². The smallest absolute Gasteiger partial charge is 0.411 e. The number of amides is 3. The fraction of sp³-hybridized carbons (Fsp3) is 0.323. The number of anilines is 2. The molecule has 4 N–H and O–H groups in total. The predicted octanol–water partition coefficient (Wildman–Crippen LogP) is 5.76. The molecule has 0 saturated carbocycles. The second-order valence-electron chi connectivity index (χ2n) is 10.1. The van der Waals surface area contributed by atoms with Gasteiger partial charge < -0.3 is 20.7 Å². The highest BCUT2D eigenvalue weighted by molar-refractivity contribution is 8.00. The quantitative estimate of drug-likeness (QED) is 0.330. The van der Waals surface area contributed by atoms with E-state index in [-0.39, 0.29) is 12.5 Å². The second kappa shape index (κ2) is 12.9. The minimum atomic E-state index is -0.708. The summed E-state index contributed by atoms with van der Waals surface area (Å²) in [5.41, 5.74) is 10.9. The topological polar surface area (TPSA) is 114 Å². The number of rotatable bonds is 6. The van der Waals surface area contributed by atoms with Crippen molar-refractivity contribution in [1.82, 2.24) is 4.90 Å². The predicted molar refractivity (Wildman–Crippen MR) is 160 cm³/mol. The van der Waals surface area contributed by atoms with E-state index in [2.05, 4.69) is 31.4 Å². The zero-order chi connectivity index (χ0) is 28.8. The molecule has 5 rings (SSSR count). The van der Waals surface area contributed by atoms with Gasteiger partial charge in [-0.3, -0.25) is 14.9 Å². The van der Waals surface area contributed by atoms with Gasteiger partial charge in [-0.25, -0.2) is 4.79 Å². The molecule has 2 aliphatic heterocycles. The molecule has 2 aliphatic rings. The molecule has 210 valence electrons. The minimum Gasteiger partial charge on any atom is -0.449 e. The van der Waals surface area contributed by atoms with Gasteiger partial charge in [-0.05, 0) is 65.1 Å². The molecule has 9 heteroatoms. The van der Waals surface area contributed by atoms with Crippen LogP contribution in [0.4, 0.5) is 16.2 Å². The van der Waals surface area contributed by atoms with Crippen molar-refractivity contribution in [3.05, 3.63) is 88.5 Å². The van der Waals surface area contributed by atoms with Crippen LogP contribution in [0.5, 0.6) is 0 Å². The maximum Gasteiger partial charge on any atom is 0.411 e. The monoisotopic (exact) mass is 560 g/mol. The highest BCUT2D eigenvalue weighted by atomic mass is 32.2. The number of nitrogens with one attached hydrogen (secondary N) is 2. The lowest BCUT2D eigenvalue weighted by molar-refractivity contribution is -0.131. The zero-order valence-electron chi connectivity index (χ0n) is 23.3. The fourth-order valence-electron chi connectivity index (χ4n) is 4.73. The molecule has 0 spiro atoms.